The van der Waals surface area contributed by atoms with E-state index in [9.17, 15) is 19.2 Å². The van der Waals surface area contributed by atoms with E-state index in [2.05, 4.69) is 0 Å². The number of carbonyl (C=O) groups is 4. The molecule has 0 radical (unpaired) electrons. The summed E-state index contributed by atoms with van der Waals surface area (Å²) in [5, 5.41) is 0.972. The van der Waals surface area contributed by atoms with Crippen molar-refractivity contribution in [2.75, 3.05) is 7.05 Å². The first-order chi connectivity index (χ1) is 13.9. The Morgan fingerprint density at radius 1 is 1.03 bits per heavy atom. The van der Waals surface area contributed by atoms with Crippen molar-refractivity contribution in [3.8, 4) is 0 Å². The van der Waals surface area contributed by atoms with Crippen molar-refractivity contribution in [2.24, 2.45) is 5.92 Å². The number of imide groups is 1. The highest BCUT2D eigenvalue weighted by molar-refractivity contribution is 6.30. The second-order valence-electron chi connectivity index (χ2n) is 7.01. The van der Waals surface area contributed by atoms with Crippen LogP contribution in [0.15, 0.2) is 48.5 Å². The average molecular weight is 413 g/mol. The molecule has 1 saturated heterocycles. The van der Waals surface area contributed by atoms with Crippen LogP contribution in [0.25, 0.3) is 0 Å². The van der Waals surface area contributed by atoms with Gasteiger partial charge in [-0.1, -0.05) is 40.9 Å². The van der Waals surface area contributed by atoms with E-state index in [-0.39, 0.29) is 29.9 Å². The van der Waals surface area contributed by atoms with Gasteiger partial charge in [0.2, 0.25) is 5.91 Å². The first-order valence-corrected chi connectivity index (χ1v) is 9.47. The van der Waals surface area contributed by atoms with E-state index < -0.39 is 29.7 Å². The molecule has 2 aromatic carbocycles. The van der Waals surface area contributed by atoms with E-state index in [1.807, 2.05) is 0 Å². The molecule has 148 valence electrons. The van der Waals surface area contributed by atoms with Gasteiger partial charge in [-0.3, -0.25) is 14.4 Å². The van der Waals surface area contributed by atoms with Crippen molar-refractivity contribution in [1.29, 1.82) is 0 Å². The molecule has 0 spiro atoms. The number of carbonyl (C=O) groups excluding carboxylic acids is 4. The Morgan fingerprint density at radius 2 is 1.69 bits per heavy atom. The standard InChI is InChI=1S/C21H17ClN2O5/c1-23-17(25)10-9-16(18(23)12-5-4-6-13(22)11-12)21(28)29-24-19(26)14-7-2-3-8-15(14)20(24)27/h2-8,11,16,18H,9-10H2,1H3. The molecular weight excluding hydrogens is 396 g/mol. The number of halogens is 1. The lowest BCUT2D eigenvalue weighted by atomic mass is 9.84. The summed E-state index contributed by atoms with van der Waals surface area (Å²) in [5.41, 5.74) is 1.05. The monoisotopic (exact) mass is 412 g/mol. The highest BCUT2D eigenvalue weighted by atomic mass is 35.5. The van der Waals surface area contributed by atoms with E-state index in [0.717, 1.165) is 0 Å². The van der Waals surface area contributed by atoms with Crippen molar-refractivity contribution in [3.63, 3.8) is 0 Å². The molecule has 2 aliphatic rings. The topological polar surface area (TPSA) is 84.0 Å². The predicted octanol–water partition coefficient (Wildman–Crippen LogP) is 3.00. The molecule has 0 bridgehead atoms. The fraction of sp³-hybridized carbons (Fsp3) is 0.238. The summed E-state index contributed by atoms with van der Waals surface area (Å²) >= 11 is 6.09. The van der Waals surface area contributed by atoms with E-state index in [1.165, 1.54) is 17.0 Å². The van der Waals surface area contributed by atoms with Gasteiger partial charge in [0.1, 0.15) is 0 Å². The van der Waals surface area contributed by atoms with Crippen molar-refractivity contribution in [1.82, 2.24) is 9.96 Å². The Bertz CT molecular complexity index is 1000. The smallest absolute Gasteiger partial charge is 0.338 e. The van der Waals surface area contributed by atoms with Crippen LogP contribution >= 0.6 is 11.6 Å². The number of piperidine rings is 1. The summed E-state index contributed by atoms with van der Waals surface area (Å²) in [6, 6.07) is 12.5. The Hall–Kier alpha value is -3.19. The van der Waals surface area contributed by atoms with Crippen LogP contribution in [0.3, 0.4) is 0 Å². The molecule has 2 aliphatic heterocycles. The largest absolute Gasteiger partial charge is 0.338 e. The SMILES string of the molecule is CN1C(=O)CCC(C(=O)ON2C(=O)c3ccccc3C2=O)C1c1cccc(Cl)c1. The van der Waals surface area contributed by atoms with Gasteiger partial charge in [0.05, 0.1) is 23.1 Å². The van der Waals surface area contributed by atoms with Gasteiger partial charge in [-0.15, -0.1) is 0 Å². The van der Waals surface area contributed by atoms with Crippen molar-refractivity contribution in [2.45, 2.75) is 18.9 Å². The highest BCUT2D eigenvalue weighted by Gasteiger charge is 2.44. The average Bonchev–Trinajstić information content (AvgIpc) is 2.95. The molecule has 4 rings (SSSR count). The third-order valence-electron chi connectivity index (χ3n) is 5.29. The number of hydrogen-bond acceptors (Lipinski definition) is 5. The normalized spacial score (nSPS) is 21.4. The zero-order valence-corrected chi connectivity index (χ0v) is 16.3. The Labute approximate surface area is 171 Å². The summed E-state index contributed by atoms with van der Waals surface area (Å²) in [7, 11) is 1.61. The summed E-state index contributed by atoms with van der Waals surface area (Å²) in [4.78, 5) is 56.9. The number of fused-ring (bicyclic) bond motifs is 1. The number of hydrogen-bond donors (Lipinski definition) is 0. The quantitative estimate of drug-likeness (QED) is 0.723. The van der Waals surface area contributed by atoms with Gasteiger partial charge >= 0.3 is 5.97 Å². The maximum absolute atomic E-state index is 13.0. The minimum Gasteiger partial charge on any atom is -0.338 e. The zero-order valence-electron chi connectivity index (χ0n) is 15.5. The maximum atomic E-state index is 13.0. The van der Waals surface area contributed by atoms with Gasteiger partial charge in [0.15, 0.2) is 0 Å². The Morgan fingerprint density at radius 3 is 2.31 bits per heavy atom. The number of hydroxylamine groups is 2. The van der Waals surface area contributed by atoms with Crippen LogP contribution in [0.5, 0.6) is 0 Å². The van der Waals surface area contributed by atoms with E-state index >= 15 is 0 Å². The molecule has 3 amide bonds. The molecule has 0 aliphatic carbocycles. The van der Waals surface area contributed by atoms with Gasteiger partial charge < -0.3 is 9.74 Å². The Balaban J connectivity index is 1.61. The lowest BCUT2D eigenvalue weighted by Gasteiger charge is -2.38. The van der Waals surface area contributed by atoms with Crippen LogP contribution in [0, 0.1) is 5.92 Å². The molecule has 2 heterocycles. The van der Waals surface area contributed by atoms with Crippen molar-refractivity contribution < 1.29 is 24.0 Å². The molecule has 1 fully saturated rings. The number of benzene rings is 2. The first-order valence-electron chi connectivity index (χ1n) is 9.09. The fourth-order valence-electron chi connectivity index (χ4n) is 3.84. The predicted molar refractivity (Wildman–Crippen MR) is 103 cm³/mol. The van der Waals surface area contributed by atoms with Crippen LogP contribution in [0.4, 0.5) is 0 Å². The zero-order chi connectivity index (χ0) is 20.7. The molecule has 2 atom stereocenters. The first kappa shape index (κ1) is 19.1. The second-order valence-corrected chi connectivity index (χ2v) is 7.45. The fourth-order valence-corrected chi connectivity index (χ4v) is 4.04. The maximum Gasteiger partial charge on any atom is 0.338 e. The lowest BCUT2D eigenvalue weighted by Crippen LogP contribution is -2.45. The summed E-state index contributed by atoms with van der Waals surface area (Å²) < 4.78 is 0. The van der Waals surface area contributed by atoms with Gasteiger partial charge in [-0.2, -0.15) is 0 Å². The molecule has 0 N–H and O–H groups in total. The number of rotatable bonds is 3. The highest BCUT2D eigenvalue weighted by Crippen LogP contribution is 2.38. The van der Waals surface area contributed by atoms with Gasteiger partial charge in [-0.25, -0.2) is 4.79 Å². The van der Waals surface area contributed by atoms with Crippen LogP contribution in [0.1, 0.15) is 45.2 Å². The summed E-state index contributed by atoms with van der Waals surface area (Å²) in [5.74, 6) is -2.97. The molecule has 0 aromatic heterocycles. The van der Waals surface area contributed by atoms with Crippen LogP contribution in [-0.4, -0.2) is 40.7 Å². The summed E-state index contributed by atoms with van der Waals surface area (Å²) in [6.07, 6.45) is 0.401. The van der Waals surface area contributed by atoms with E-state index in [4.69, 9.17) is 16.4 Å². The van der Waals surface area contributed by atoms with Crippen LogP contribution in [-0.2, 0) is 14.4 Å². The minimum absolute atomic E-state index is 0.111. The molecule has 2 unspecified atom stereocenters. The van der Waals surface area contributed by atoms with Gasteiger partial charge in [0.25, 0.3) is 11.8 Å². The molecule has 0 saturated carbocycles. The summed E-state index contributed by atoms with van der Waals surface area (Å²) in [6.45, 7) is 0. The van der Waals surface area contributed by atoms with Gasteiger partial charge in [0, 0.05) is 18.5 Å². The van der Waals surface area contributed by atoms with Crippen LogP contribution in [0.2, 0.25) is 5.02 Å². The van der Waals surface area contributed by atoms with Crippen molar-refractivity contribution in [3.05, 3.63) is 70.2 Å². The minimum atomic E-state index is -0.750. The van der Waals surface area contributed by atoms with Crippen molar-refractivity contribution >= 4 is 35.3 Å². The van der Waals surface area contributed by atoms with Gasteiger partial charge in [-0.05, 0) is 36.2 Å². The third kappa shape index (κ3) is 3.27. The molecular formula is C21H17ClN2O5. The lowest BCUT2D eigenvalue weighted by molar-refractivity contribution is -0.178. The van der Waals surface area contributed by atoms with E-state index in [0.29, 0.717) is 15.6 Å². The third-order valence-corrected chi connectivity index (χ3v) is 5.53. The van der Waals surface area contributed by atoms with E-state index in [1.54, 1.807) is 43.4 Å². The Kier molecular flexibility index (Phi) is 4.84. The second kappa shape index (κ2) is 7.33. The number of nitrogens with zero attached hydrogens (tertiary/aromatic N) is 2. The molecule has 2 aromatic rings. The molecule has 7 nitrogen and oxygen atoms in total. The number of amides is 3. The molecule has 29 heavy (non-hydrogen) atoms. The van der Waals surface area contributed by atoms with Crippen LogP contribution < -0.4 is 0 Å². The molecule has 8 heteroatoms. The number of likely N-dealkylation sites (tertiary alicyclic amines) is 1.